The molecule has 4 N–H and O–H groups in total. The van der Waals surface area contributed by atoms with Gasteiger partial charge in [-0.25, -0.2) is 0 Å². The minimum atomic E-state index is 0.0411. The SMILES string of the molecule is CC.CC(CN)Oc1ccc2occc2c1.CN. The van der Waals surface area contributed by atoms with Crippen molar-refractivity contribution in [3.8, 4) is 5.75 Å². The number of hydrogen-bond donors (Lipinski definition) is 2. The summed E-state index contributed by atoms with van der Waals surface area (Å²) in [6.45, 7) is 6.46. The molecule has 1 unspecified atom stereocenters. The molecule has 0 fully saturated rings. The smallest absolute Gasteiger partial charge is 0.134 e. The molecule has 2 aromatic rings. The lowest BCUT2D eigenvalue weighted by atomic mass is 10.2. The summed E-state index contributed by atoms with van der Waals surface area (Å²) in [7, 11) is 1.50. The first-order chi connectivity index (χ1) is 8.79. The normalized spacial score (nSPS) is 10.8. The fraction of sp³-hybridized carbons (Fsp3) is 0.429. The van der Waals surface area contributed by atoms with Crippen molar-refractivity contribution in [2.75, 3.05) is 13.6 Å². The summed E-state index contributed by atoms with van der Waals surface area (Å²) < 4.78 is 10.8. The quantitative estimate of drug-likeness (QED) is 0.880. The van der Waals surface area contributed by atoms with E-state index in [1.165, 1.54) is 7.05 Å². The number of hydrogen-bond acceptors (Lipinski definition) is 4. The van der Waals surface area contributed by atoms with Crippen molar-refractivity contribution in [1.82, 2.24) is 0 Å². The fourth-order valence-electron chi connectivity index (χ4n) is 1.30. The van der Waals surface area contributed by atoms with Crippen molar-refractivity contribution in [3.05, 3.63) is 30.5 Å². The van der Waals surface area contributed by atoms with Gasteiger partial charge in [0.05, 0.1) is 6.26 Å². The number of furan rings is 1. The predicted octanol–water partition coefficient (Wildman–Crippen LogP) is 2.76. The van der Waals surface area contributed by atoms with E-state index in [2.05, 4.69) is 5.73 Å². The standard InChI is InChI=1S/C11H13NO2.C2H6.CH5N/c1-8(7-12)14-10-2-3-11-9(6-10)4-5-13-11;2*1-2/h2-6,8H,7,12H2,1H3;1-2H3;2H2,1H3. The Labute approximate surface area is 109 Å². The third-order valence-corrected chi connectivity index (χ3v) is 2.09. The molecule has 1 atom stereocenters. The topological polar surface area (TPSA) is 74.4 Å². The molecule has 0 bridgehead atoms. The number of ether oxygens (including phenoxy) is 1. The zero-order valence-corrected chi connectivity index (χ0v) is 11.6. The van der Waals surface area contributed by atoms with E-state index in [0.717, 1.165) is 16.7 Å². The Balaban J connectivity index is 0.000000659. The van der Waals surface area contributed by atoms with E-state index in [9.17, 15) is 0 Å². The molecule has 0 aliphatic rings. The molecule has 0 spiro atoms. The molecule has 4 heteroatoms. The third kappa shape index (κ3) is 4.77. The number of nitrogens with two attached hydrogens (primary N) is 2. The van der Waals surface area contributed by atoms with Gasteiger partial charge in [0.1, 0.15) is 17.4 Å². The first-order valence-electron chi connectivity index (χ1n) is 6.21. The van der Waals surface area contributed by atoms with Gasteiger partial charge in [-0.2, -0.15) is 0 Å². The van der Waals surface area contributed by atoms with Gasteiger partial charge in [-0.3, -0.25) is 0 Å². The summed E-state index contributed by atoms with van der Waals surface area (Å²) in [6, 6.07) is 7.65. The first-order valence-corrected chi connectivity index (χ1v) is 6.21. The van der Waals surface area contributed by atoms with Gasteiger partial charge in [-0.1, -0.05) is 13.8 Å². The van der Waals surface area contributed by atoms with Crippen molar-refractivity contribution in [2.24, 2.45) is 11.5 Å². The van der Waals surface area contributed by atoms with E-state index in [1.54, 1.807) is 6.26 Å². The highest BCUT2D eigenvalue weighted by Crippen LogP contribution is 2.22. The van der Waals surface area contributed by atoms with Crippen LogP contribution in [0.4, 0.5) is 0 Å². The summed E-state index contributed by atoms with van der Waals surface area (Å²) in [5, 5.41) is 1.05. The summed E-state index contributed by atoms with van der Waals surface area (Å²) in [6.07, 6.45) is 1.71. The number of fused-ring (bicyclic) bond motifs is 1. The van der Waals surface area contributed by atoms with Crippen LogP contribution in [0.2, 0.25) is 0 Å². The zero-order chi connectivity index (χ0) is 14.0. The van der Waals surface area contributed by atoms with Gasteiger partial charge in [0.25, 0.3) is 0 Å². The average molecular weight is 252 g/mol. The van der Waals surface area contributed by atoms with Crippen molar-refractivity contribution in [2.45, 2.75) is 26.9 Å². The van der Waals surface area contributed by atoms with E-state index < -0.39 is 0 Å². The molecule has 0 saturated heterocycles. The van der Waals surface area contributed by atoms with Crippen LogP contribution in [0.5, 0.6) is 5.75 Å². The molecular formula is C14H24N2O2. The number of benzene rings is 1. The van der Waals surface area contributed by atoms with Crippen LogP contribution in [-0.2, 0) is 0 Å². The third-order valence-electron chi connectivity index (χ3n) is 2.09. The fourth-order valence-corrected chi connectivity index (χ4v) is 1.30. The Kier molecular flexibility index (Phi) is 8.70. The van der Waals surface area contributed by atoms with Crippen LogP contribution in [0.3, 0.4) is 0 Å². The monoisotopic (exact) mass is 252 g/mol. The van der Waals surface area contributed by atoms with E-state index in [-0.39, 0.29) is 6.10 Å². The van der Waals surface area contributed by atoms with E-state index in [4.69, 9.17) is 14.9 Å². The van der Waals surface area contributed by atoms with Crippen LogP contribution >= 0.6 is 0 Å². The summed E-state index contributed by atoms with van der Waals surface area (Å²) in [4.78, 5) is 0. The van der Waals surface area contributed by atoms with Crippen LogP contribution in [0.1, 0.15) is 20.8 Å². The summed E-state index contributed by atoms with van der Waals surface area (Å²) >= 11 is 0. The largest absolute Gasteiger partial charge is 0.489 e. The second-order valence-corrected chi connectivity index (χ2v) is 3.28. The molecule has 0 amide bonds. The summed E-state index contributed by atoms with van der Waals surface area (Å²) in [5.41, 5.74) is 10.8. The van der Waals surface area contributed by atoms with Crippen LogP contribution in [0.15, 0.2) is 34.9 Å². The molecule has 1 aromatic heterocycles. The molecule has 0 aliphatic carbocycles. The summed E-state index contributed by atoms with van der Waals surface area (Å²) in [5.74, 6) is 0.830. The van der Waals surface area contributed by atoms with E-state index in [1.807, 2.05) is 45.0 Å². The molecule has 0 aliphatic heterocycles. The molecule has 4 nitrogen and oxygen atoms in total. The zero-order valence-electron chi connectivity index (χ0n) is 11.6. The van der Waals surface area contributed by atoms with Crippen molar-refractivity contribution < 1.29 is 9.15 Å². The highest BCUT2D eigenvalue weighted by atomic mass is 16.5. The van der Waals surface area contributed by atoms with Gasteiger partial charge in [0, 0.05) is 11.9 Å². The lowest BCUT2D eigenvalue weighted by molar-refractivity contribution is 0.230. The van der Waals surface area contributed by atoms with Crippen molar-refractivity contribution in [1.29, 1.82) is 0 Å². The average Bonchev–Trinajstić information content (AvgIpc) is 2.90. The molecule has 1 aromatic carbocycles. The molecule has 0 saturated carbocycles. The molecular weight excluding hydrogens is 228 g/mol. The van der Waals surface area contributed by atoms with Crippen molar-refractivity contribution in [3.63, 3.8) is 0 Å². The van der Waals surface area contributed by atoms with Crippen LogP contribution in [0.25, 0.3) is 11.0 Å². The highest BCUT2D eigenvalue weighted by Gasteiger charge is 2.03. The Bertz CT molecular complexity index is 426. The maximum atomic E-state index is 5.57. The van der Waals surface area contributed by atoms with Gasteiger partial charge in [0.15, 0.2) is 0 Å². The van der Waals surface area contributed by atoms with Crippen LogP contribution in [-0.4, -0.2) is 19.7 Å². The first kappa shape index (κ1) is 16.5. The minimum Gasteiger partial charge on any atom is -0.489 e. The van der Waals surface area contributed by atoms with Gasteiger partial charge in [-0.15, -0.1) is 0 Å². The minimum absolute atomic E-state index is 0.0411. The molecule has 2 rings (SSSR count). The van der Waals surface area contributed by atoms with Crippen LogP contribution in [0, 0.1) is 0 Å². The van der Waals surface area contributed by atoms with E-state index in [0.29, 0.717) is 6.54 Å². The lowest BCUT2D eigenvalue weighted by Crippen LogP contribution is -2.22. The molecule has 18 heavy (non-hydrogen) atoms. The Morgan fingerprint density at radius 2 is 1.89 bits per heavy atom. The van der Waals surface area contributed by atoms with Gasteiger partial charge in [-0.05, 0) is 38.2 Å². The molecule has 102 valence electrons. The highest BCUT2D eigenvalue weighted by molar-refractivity contribution is 5.78. The predicted molar refractivity (Wildman–Crippen MR) is 76.8 cm³/mol. The van der Waals surface area contributed by atoms with E-state index >= 15 is 0 Å². The van der Waals surface area contributed by atoms with Crippen molar-refractivity contribution >= 4 is 11.0 Å². The Morgan fingerprint density at radius 1 is 1.22 bits per heavy atom. The second kappa shape index (κ2) is 9.50. The molecule has 0 radical (unpaired) electrons. The maximum absolute atomic E-state index is 5.57. The number of rotatable bonds is 3. The van der Waals surface area contributed by atoms with Crippen LogP contribution < -0.4 is 16.2 Å². The Morgan fingerprint density at radius 3 is 2.50 bits per heavy atom. The Hall–Kier alpha value is -1.52. The molecule has 1 heterocycles. The lowest BCUT2D eigenvalue weighted by Gasteiger charge is -2.11. The van der Waals surface area contributed by atoms with Gasteiger partial charge in [0.2, 0.25) is 0 Å². The maximum Gasteiger partial charge on any atom is 0.134 e. The van der Waals surface area contributed by atoms with Gasteiger partial charge >= 0.3 is 0 Å². The van der Waals surface area contributed by atoms with Gasteiger partial charge < -0.3 is 20.6 Å². The second-order valence-electron chi connectivity index (χ2n) is 3.28.